The van der Waals surface area contributed by atoms with Crippen molar-refractivity contribution in [3.8, 4) is 0 Å². The van der Waals surface area contributed by atoms with E-state index < -0.39 is 6.09 Å². The van der Waals surface area contributed by atoms with Gasteiger partial charge in [0.1, 0.15) is 0 Å². The lowest BCUT2D eigenvalue weighted by atomic mass is 10.1. The van der Waals surface area contributed by atoms with E-state index in [0.717, 1.165) is 0 Å². The van der Waals surface area contributed by atoms with E-state index in [9.17, 15) is 4.79 Å². The van der Waals surface area contributed by atoms with Crippen molar-refractivity contribution in [1.82, 2.24) is 5.32 Å². The first-order valence-corrected chi connectivity index (χ1v) is 3.87. The van der Waals surface area contributed by atoms with Gasteiger partial charge >= 0.3 is 6.09 Å². The van der Waals surface area contributed by atoms with E-state index in [1.807, 2.05) is 19.1 Å². The molecule has 0 fully saturated rings. The van der Waals surface area contributed by atoms with Gasteiger partial charge in [-0.2, -0.15) is 0 Å². The van der Waals surface area contributed by atoms with Crippen LogP contribution in [-0.4, -0.2) is 26.0 Å². The van der Waals surface area contributed by atoms with E-state index in [0.29, 0.717) is 12.5 Å². The average Bonchev–Trinajstić information content (AvgIpc) is 2.09. The second-order valence-electron chi connectivity index (χ2n) is 2.75. The quantitative estimate of drug-likeness (QED) is 0.596. The SMILES string of the molecule is COC(=O)NC1C=CC(C)CO1. The molecule has 1 aliphatic heterocycles. The molecule has 1 amide bonds. The monoisotopic (exact) mass is 171 g/mol. The fourth-order valence-corrected chi connectivity index (χ4v) is 0.922. The van der Waals surface area contributed by atoms with Gasteiger partial charge in [-0.3, -0.25) is 5.32 Å². The maximum absolute atomic E-state index is 10.7. The molecule has 0 aliphatic carbocycles. The molecule has 0 aromatic rings. The zero-order chi connectivity index (χ0) is 8.97. The minimum Gasteiger partial charge on any atom is -0.453 e. The summed E-state index contributed by atoms with van der Waals surface area (Å²) in [6.45, 7) is 2.68. The first kappa shape index (κ1) is 9.06. The summed E-state index contributed by atoms with van der Waals surface area (Å²) in [5, 5.41) is 2.52. The highest BCUT2D eigenvalue weighted by atomic mass is 16.6. The van der Waals surface area contributed by atoms with Crippen LogP contribution >= 0.6 is 0 Å². The van der Waals surface area contributed by atoms with Gasteiger partial charge in [-0.1, -0.05) is 13.0 Å². The maximum Gasteiger partial charge on any atom is 0.409 e. The highest BCUT2D eigenvalue weighted by molar-refractivity contribution is 5.67. The van der Waals surface area contributed by atoms with Gasteiger partial charge in [0.05, 0.1) is 13.7 Å². The van der Waals surface area contributed by atoms with Crippen molar-refractivity contribution in [3.05, 3.63) is 12.2 Å². The maximum atomic E-state index is 10.7. The smallest absolute Gasteiger partial charge is 0.409 e. The minimum absolute atomic E-state index is 0.339. The van der Waals surface area contributed by atoms with Crippen molar-refractivity contribution in [2.75, 3.05) is 13.7 Å². The first-order valence-electron chi connectivity index (χ1n) is 3.87. The molecule has 0 spiro atoms. The van der Waals surface area contributed by atoms with Crippen LogP contribution in [0.3, 0.4) is 0 Å². The molecule has 1 aliphatic rings. The number of rotatable bonds is 1. The number of ether oxygens (including phenoxy) is 2. The second-order valence-corrected chi connectivity index (χ2v) is 2.75. The topological polar surface area (TPSA) is 47.6 Å². The van der Waals surface area contributed by atoms with Crippen molar-refractivity contribution >= 4 is 6.09 Å². The van der Waals surface area contributed by atoms with E-state index in [-0.39, 0.29) is 6.23 Å². The fraction of sp³-hybridized carbons (Fsp3) is 0.625. The second kappa shape index (κ2) is 4.11. The Balaban J connectivity index is 2.35. The van der Waals surface area contributed by atoms with Gasteiger partial charge in [-0.05, 0) is 12.0 Å². The van der Waals surface area contributed by atoms with Crippen LogP contribution in [0, 0.1) is 5.92 Å². The third kappa shape index (κ3) is 2.54. The summed E-state index contributed by atoms with van der Waals surface area (Å²) in [7, 11) is 1.32. The largest absolute Gasteiger partial charge is 0.453 e. The molecule has 4 nitrogen and oxygen atoms in total. The van der Waals surface area contributed by atoms with Crippen LogP contribution in [-0.2, 0) is 9.47 Å². The summed E-state index contributed by atoms with van der Waals surface area (Å²) in [5.41, 5.74) is 0. The van der Waals surface area contributed by atoms with Crippen LogP contribution < -0.4 is 5.32 Å². The van der Waals surface area contributed by atoms with Gasteiger partial charge in [0, 0.05) is 0 Å². The van der Waals surface area contributed by atoms with Crippen LogP contribution in [0.1, 0.15) is 6.92 Å². The highest BCUT2D eigenvalue weighted by Crippen LogP contribution is 2.07. The Morgan fingerprint density at radius 3 is 2.92 bits per heavy atom. The molecule has 12 heavy (non-hydrogen) atoms. The minimum atomic E-state index is -0.473. The van der Waals surface area contributed by atoms with Crippen LogP contribution in [0.25, 0.3) is 0 Å². The Labute approximate surface area is 71.5 Å². The molecule has 0 saturated carbocycles. The molecular weight excluding hydrogens is 158 g/mol. The molecule has 4 heteroatoms. The molecule has 2 unspecified atom stereocenters. The third-order valence-corrected chi connectivity index (χ3v) is 1.60. The summed E-state index contributed by atoms with van der Waals surface area (Å²) in [6.07, 6.45) is 3.00. The van der Waals surface area contributed by atoms with E-state index in [4.69, 9.17) is 4.74 Å². The van der Waals surface area contributed by atoms with Crippen molar-refractivity contribution in [1.29, 1.82) is 0 Å². The van der Waals surface area contributed by atoms with Crippen LogP contribution in [0.2, 0.25) is 0 Å². The number of amides is 1. The average molecular weight is 171 g/mol. The standard InChI is InChI=1S/C8H13NO3/c1-6-3-4-7(12-5-6)9-8(10)11-2/h3-4,6-7H,5H2,1-2H3,(H,9,10). The van der Waals surface area contributed by atoms with Gasteiger partial charge in [0.25, 0.3) is 0 Å². The van der Waals surface area contributed by atoms with Gasteiger partial charge in [-0.15, -0.1) is 0 Å². The van der Waals surface area contributed by atoms with Crippen LogP contribution in [0.4, 0.5) is 4.79 Å². The zero-order valence-electron chi connectivity index (χ0n) is 7.24. The third-order valence-electron chi connectivity index (χ3n) is 1.60. The Hall–Kier alpha value is -1.03. The van der Waals surface area contributed by atoms with Crippen molar-refractivity contribution in [3.63, 3.8) is 0 Å². The summed E-state index contributed by atoms with van der Waals surface area (Å²) in [6, 6.07) is 0. The van der Waals surface area contributed by atoms with Crippen LogP contribution in [0.5, 0.6) is 0 Å². The molecule has 0 radical (unpaired) electrons. The number of alkyl carbamates (subject to hydrolysis) is 1. The predicted octanol–water partition coefficient (Wildman–Crippen LogP) is 0.891. The number of nitrogens with one attached hydrogen (secondary N) is 1. The van der Waals surface area contributed by atoms with E-state index >= 15 is 0 Å². The number of carbonyl (C=O) groups excluding carboxylic acids is 1. The molecule has 0 aromatic heterocycles. The van der Waals surface area contributed by atoms with Crippen molar-refractivity contribution in [2.45, 2.75) is 13.2 Å². The highest BCUT2D eigenvalue weighted by Gasteiger charge is 2.14. The summed E-state index contributed by atoms with van der Waals surface area (Å²) < 4.78 is 9.68. The summed E-state index contributed by atoms with van der Waals surface area (Å²) in [5.74, 6) is 0.417. The molecule has 1 heterocycles. The zero-order valence-corrected chi connectivity index (χ0v) is 7.24. The Kier molecular flexibility index (Phi) is 3.10. The Bertz CT molecular complexity index is 191. The molecular formula is C8H13NO3. The molecule has 68 valence electrons. The van der Waals surface area contributed by atoms with Gasteiger partial charge in [-0.25, -0.2) is 4.79 Å². The lowest BCUT2D eigenvalue weighted by Gasteiger charge is -2.21. The normalized spacial score (nSPS) is 28.2. The van der Waals surface area contributed by atoms with Gasteiger partial charge in [0.15, 0.2) is 6.23 Å². The lowest BCUT2D eigenvalue weighted by Crippen LogP contribution is -2.37. The van der Waals surface area contributed by atoms with E-state index in [1.54, 1.807) is 0 Å². The Morgan fingerprint density at radius 1 is 1.67 bits per heavy atom. The van der Waals surface area contributed by atoms with Gasteiger partial charge < -0.3 is 9.47 Å². The van der Waals surface area contributed by atoms with Crippen molar-refractivity contribution in [2.24, 2.45) is 5.92 Å². The first-order chi connectivity index (χ1) is 5.72. The Morgan fingerprint density at radius 2 is 2.42 bits per heavy atom. The predicted molar refractivity (Wildman–Crippen MR) is 43.6 cm³/mol. The number of methoxy groups -OCH3 is 1. The molecule has 1 N–H and O–H groups in total. The van der Waals surface area contributed by atoms with Crippen LogP contribution in [0.15, 0.2) is 12.2 Å². The molecule has 0 aromatic carbocycles. The molecule has 1 rings (SSSR count). The molecule has 0 bridgehead atoms. The van der Waals surface area contributed by atoms with Crippen molar-refractivity contribution < 1.29 is 14.3 Å². The summed E-state index contributed by atoms with van der Waals surface area (Å²) in [4.78, 5) is 10.7. The molecule has 0 saturated heterocycles. The lowest BCUT2D eigenvalue weighted by molar-refractivity contribution is 0.0373. The number of hydrogen-bond donors (Lipinski definition) is 1. The van der Waals surface area contributed by atoms with E-state index in [2.05, 4.69) is 10.1 Å². The van der Waals surface area contributed by atoms with E-state index in [1.165, 1.54) is 7.11 Å². The number of carbonyl (C=O) groups is 1. The number of hydrogen-bond acceptors (Lipinski definition) is 3. The fourth-order valence-electron chi connectivity index (χ4n) is 0.922. The molecule has 2 atom stereocenters. The van der Waals surface area contributed by atoms with Gasteiger partial charge in [0.2, 0.25) is 0 Å². The summed E-state index contributed by atoms with van der Waals surface area (Å²) >= 11 is 0.